The Morgan fingerprint density at radius 3 is 2.19 bits per heavy atom. The van der Waals surface area contributed by atoms with Crippen LogP contribution in [-0.2, 0) is 10.0 Å². The Morgan fingerprint density at radius 1 is 1.05 bits per heavy atom. The molecule has 2 N–H and O–H groups in total. The number of benzene rings is 1. The maximum atomic E-state index is 12.1. The molecule has 0 saturated heterocycles. The number of unbranched alkanes of at least 4 members (excludes halogenated alkanes) is 5. The van der Waals surface area contributed by atoms with Crippen molar-refractivity contribution in [3.8, 4) is 0 Å². The van der Waals surface area contributed by atoms with Gasteiger partial charge in [-0.2, -0.15) is 0 Å². The molecule has 0 fully saturated rings. The fourth-order valence-electron chi connectivity index (χ4n) is 2.12. The molecule has 0 radical (unpaired) electrons. The summed E-state index contributed by atoms with van der Waals surface area (Å²) in [7, 11) is -3.43. The van der Waals surface area contributed by atoms with Gasteiger partial charge in [-0.05, 0) is 31.0 Å². The minimum Gasteiger partial charge on any atom is -0.389 e. The summed E-state index contributed by atoms with van der Waals surface area (Å²) < 4.78 is 26.8. The van der Waals surface area contributed by atoms with Crippen LogP contribution < -0.4 is 4.72 Å². The molecular formula is C16H27NO3S. The predicted octanol–water partition coefficient (Wildman–Crippen LogP) is 3.38. The van der Waals surface area contributed by atoms with E-state index in [-0.39, 0.29) is 4.90 Å². The average molecular weight is 313 g/mol. The fourth-order valence-corrected chi connectivity index (χ4v) is 3.19. The van der Waals surface area contributed by atoms with E-state index in [0.29, 0.717) is 12.1 Å². The van der Waals surface area contributed by atoms with Crippen LogP contribution in [0.3, 0.4) is 0 Å². The van der Waals surface area contributed by atoms with Gasteiger partial charge in [0, 0.05) is 6.54 Å². The molecule has 0 amide bonds. The minimum absolute atomic E-state index is 0.248. The topological polar surface area (TPSA) is 66.4 Å². The van der Waals surface area contributed by atoms with Crippen LogP contribution in [-0.4, -0.2) is 20.1 Å². The summed E-state index contributed by atoms with van der Waals surface area (Å²) in [5.41, 5.74) is 0.713. The maximum absolute atomic E-state index is 12.1. The zero-order valence-corrected chi connectivity index (χ0v) is 13.8. The molecule has 4 nitrogen and oxygen atoms in total. The lowest BCUT2D eigenvalue weighted by Crippen LogP contribution is -2.24. The van der Waals surface area contributed by atoms with Crippen LogP contribution in [0, 0.1) is 0 Å². The maximum Gasteiger partial charge on any atom is 0.240 e. The lowest BCUT2D eigenvalue weighted by atomic mass is 10.1. The molecule has 0 spiro atoms. The van der Waals surface area contributed by atoms with Crippen LogP contribution in [0.4, 0.5) is 0 Å². The summed E-state index contributed by atoms with van der Waals surface area (Å²) >= 11 is 0. The average Bonchev–Trinajstić information content (AvgIpc) is 2.46. The highest BCUT2D eigenvalue weighted by molar-refractivity contribution is 7.89. The Bertz CT molecular complexity index is 495. The Hall–Kier alpha value is -0.910. The van der Waals surface area contributed by atoms with E-state index in [9.17, 15) is 13.5 Å². The number of hydrogen-bond donors (Lipinski definition) is 2. The van der Waals surface area contributed by atoms with Gasteiger partial charge in [0.2, 0.25) is 10.0 Å². The van der Waals surface area contributed by atoms with E-state index >= 15 is 0 Å². The van der Waals surface area contributed by atoms with Gasteiger partial charge in [0.25, 0.3) is 0 Å². The Morgan fingerprint density at radius 2 is 1.62 bits per heavy atom. The fraction of sp³-hybridized carbons (Fsp3) is 0.625. The van der Waals surface area contributed by atoms with E-state index in [1.807, 2.05) is 0 Å². The van der Waals surface area contributed by atoms with Crippen LogP contribution in [0.5, 0.6) is 0 Å². The number of hydrogen-bond acceptors (Lipinski definition) is 3. The molecule has 1 rings (SSSR count). The SMILES string of the molecule is CCCCCCCCNS(=O)(=O)c1ccc(C(C)O)cc1. The second-order valence-electron chi connectivity index (χ2n) is 5.41. The molecule has 1 aromatic rings. The largest absolute Gasteiger partial charge is 0.389 e. The van der Waals surface area contributed by atoms with Crippen molar-refractivity contribution in [2.45, 2.75) is 63.4 Å². The number of nitrogens with one attached hydrogen (secondary N) is 1. The van der Waals surface area contributed by atoms with E-state index in [0.717, 1.165) is 12.8 Å². The zero-order chi connectivity index (χ0) is 15.7. The Kier molecular flexibility index (Phi) is 7.93. The summed E-state index contributed by atoms with van der Waals surface area (Å²) in [6.07, 6.45) is 6.20. The number of aliphatic hydroxyl groups excluding tert-OH is 1. The molecule has 0 bridgehead atoms. The van der Waals surface area contributed by atoms with E-state index < -0.39 is 16.1 Å². The summed E-state index contributed by atoms with van der Waals surface area (Å²) in [4.78, 5) is 0.248. The molecular weight excluding hydrogens is 286 g/mol. The van der Waals surface area contributed by atoms with Crippen molar-refractivity contribution in [2.75, 3.05) is 6.54 Å². The van der Waals surface area contributed by atoms with Crippen molar-refractivity contribution < 1.29 is 13.5 Å². The minimum atomic E-state index is -3.43. The molecule has 21 heavy (non-hydrogen) atoms. The summed E-state index contributed by atoms with van der Waals surface area (Å²) in [6.45, 7) is 4.31. The second-order valence-corrected chi connectivity index (χ2v) is 7.18. The smallest absolute Gasteiger partial charge is 0.240 e. The van der Waals surface area contributed by atoms with Gasteiger partial charge in [-0.3, -0.25) is 0 Å². The van der Waals surface area contributed by atoms with E-state index in [1.54, 1.807) is 19.1 Å². The third kappa shape index (κ3) is 6.59. The lowest BCUT2D eigenvalue weighted by molar-refractivity contribution is 0.199. The van der Waals surface area contributed by atoms with Crippen LogP contribution in [0.1, 0.15) is 64.0 Å². The first-order valence-electron chi connectivity index (χ1n) is 7.75. The van der Waals surface area contributed by atoms with Gasteiger partial charge in [0.05, 0.1) is 11.0 Å². The molecule has 1 unspecified atom stereocenters. The molecule has 0 saturated carbocycles. The van der Waals surface area contributed by atoms with Crippen molar-refractivity contribution in [3.63, 3.8) is 0 Å². The molecule has 0 aliphatic carbocycles. The standard InChI is InChI=1S/C16H27NO3S/c1-3-4-5-6-7-8-13-17-21(19,20)16-11-9-15(10-12-16)14(2)18/h9-12,14,17-18H,3-8,13H2,1-2H3. The molecule has 1 atom stereocenters. The molecule has 1 aromatic carbocycles. The lowest BCUT2D eigenvalue weighted by Gasteiger charge is -2.09. The van der Waals surface area contributed by atoms with Crippen molar-refractivity contribution in [3.05, 3.63) is 29.8 Å². The van der Waals surface area contributed by atoms with Gasteiger partial charge >= 0.3 is 0 Å². The first kappa shape index (κ1) is 18.1. The first-order valence-corrected chi connectivity index (χ1v) is 9.23. The summed E-state index contributed by atoms with van der Waals surface area (Å²) in [5, 5.41) is 9.41. The first-order chi connectivity index (χ1) is 9.97. The van der Waals surface area contributed by atoms with Crippen LogP contribution in [0.25, 0.3) is 0 Å². The van der Waals surface area contributed by atoms with Crippen LogP contribution in [0.15, 0.2) is 29.2 Å². The third-order valence-electron chi connectivity index (χ3n) is 3.50. The number of sulfonamides is 1. The molecule has 0 heterocycles. The Balaban J connectivity index is 2.39. The quantitative estimate of drug-likeness (QED) is 0.651. The zero-order valence-electron chi connectivity index (χ0n) is 13.0. The van der Waals surface area contributed by atoms with Crippen molar-refractivity contribution in [2.24, 2.45) is 0 Å². The normalized spacial score (nSPS) is 13.3. The highest BCUT2D eigenvalue weighted by atomic mass is 32.2. The van der Waals surface area contributed by atoms with Crippen LogP contribution in [0.2, 0.25) is 0 Å². The number of rotatable bonds is 10. The molecule has 120 valence electrons. The predicted molar refractivity (Wildman–Crippen MR) is 85.6 cm³/mol. The van der Waals surface area contributed by atoms with E-state index in [1.165, 1.54) is 37.8 Å². The third-order valence-corrected chi connectivity index (χ3v) is 4.97. The second kappa shape index (κ2) is 9.18. The van der Waals surface area contributed by atoms with Gasteiger partial charge in [-0.25, -0.2) is 13.1 Å². The van der Waals surface area contributed by atoms with Crippen molar-refractivity contribution in [1.82, 2.24) is 4.72 Å². The molecule has 0 aliphatic rings. The van der Waals surface area contributed by atoms with Gasteiger partial charge in [-0.1, -0.05) is 51.2 Å². The molecule has 5 heteroatoms. The highest BCUT2D eigenvalue weighted by Gasteiger charge is 2.13. The number of aliphatic hydroxyl groups is 1. The van der Waals surface area contributed by atoms with Gasteiger partial charge in [-0.15, -0.1) is 0 Å². The summed E-state index contributed by atoms with van der Waals surface area (Å²) in [5.74, 6) is 0. The monoisotopic (exact) mass is 313 g/mol. The molecule has 0 aromatic heterocycles. The van der Waals surface area contributed by atoms with Crippen molar-refractivity contribution in [1.29, 1.82) is 0 Å². The van der Waals surface area contributed by atoms with Crippen molar-refractivity contribution >= 4 is 10.0 Å². The van der Waals surface area contributed by atoms with E-state index in [4.69, 9.17) is 0 Å². The van der Waals surface area contributed by atoms with Gasteiger partial charge in [0.1, 0.15) is 0 Å². The van der Waals surface area contributed by atoms with Gasteiger partial charge < -0.3 is 5.11 Å². The summed E-state index contributed by atoms with van der Waals surface area (Å²) in [6, 6.07) is 6.35. The van der Waals surface area contributed by atoms with E-state index in [2.05, 4.69) is 11.6 Å². The van der Waals surface area contributed by atoms with Crippen LogP contribution >= 0.6 is 0 Å². The molecule has 0 aliphatic heterocycles. The Labute approximate surface area is 128 Å². The highest BCUT2D eigenvalue weighted by Crippen LogP contribution is 2.15. The van der Waals surface area contributed by atoms with Gasteiger partial charge in [0.15, 0.2) is 0 Å².